The lowest BCUT2D eigenvalue weighted by Gasteiger charge is -2.13. The van der Waals surface area contributed by atoms with Crippen LogP contribution in [0.4, 0.5) is 13.2 Å². The van der Waals surface area contributed by atoms with Gasteiger partial charge in [-0.3, -0.25) is 4.79 Å². The van der Waals surface area contributed by atoms with Crippen LogP contribution in [0.25, 0.3) is 0 Å². The minimum absolute atomic E-state index is 0.0525. The van der Waals surface area contributed by atoms with Gasteiger partial charge in [0.05, 0.1) is 23.3 Å². The van der Waals surface area contributed by atoms with Crippen molar-refractivity contribution in [2.45, 2.75) is 25.4 Å². The summed E-state index contributed by atoms with van der Waals surface area (Å²) >= 11 is 12.3. The summed E-state index contributed by atoms with van der Waals surface area (Å²) < 4.78 is 49.0. The summed E-state index contributed by atoms with van der Waals surface area (Å²) in [6.45, 7) is 1.78. The van der Waals surface area contributed by atoms with Crippen molar-refractivity contribution < 1.29 is 27.4 Å². The van der Waals surface area contributed by atoms with Gasteiger partial charge >= 0.3 is 6.18 Å². The number of ether oxygens (including phenoxy) is 2. The number of nitrogens with zero attached hydrogens (tertiary/aromatic N) is 2. The highest BCUT2D eigenvalue weighted by molar-refractivity contribution is 6.32. The zero-order valence-corrected chi connectivity index (χ0v) is 19.2. The minimum atomic E-state index is -4.50. The number of halogens is 5. The van der Waals surface area contributed by atoms with Crippen LogP contribution in [0.1, 0.15) is 29.0 Å². The molecule has 1 atom stereocenters. The molecule has 3 aromatic rings. The largest absolute Gasteiger partial charge is 0.491 e. The van der Waals surface area contributed by atoms with Gasteiger partial charge in [-0.25, -0.2) is 4.98 Å². The Labute approximate surface area is 203 Å². The Hall–Kier alpha value is -3.28. The van der Waals surface area contributed by atoms with E-state index < -0.39 is 17.7 Å². The van der Waals surface area contributed by atoms with E-state index in [9.17, 15) is 23.2 Å². The fourth-order valence-corrected chi connectivity index (χ4v) is 3.49. The Morgan fingerprint density at radius 1 is 1.12 bits per heavy atom. The second-order valence-electron chi connectivity index (χ2n) is 7.23. The molecule has 1 unspecified atom stereocenters. The van der Waals surface area contributed by atoms with Crippen LogP contribution in [-0.4, -0.2) is 17.4 Å². The third-order valence-corrected chi connectivity index (χ3v) is 5.35. The Morgan fingerprint density at radius 2 is 1.88 bits per heavy atom. The van der Waals surface area contributed by atoms with Crippen LogP contribution < -0.4 is 9.47 Å². The molecule has 5 nitrogen and oxygen atoms in total. The van der Waals surface area contributed by atoms with Crippen molar-refractivity contribution in [2.75, 3.05) is 6.61 Å². The van der Waals surface area contributed by atoms with E-state index in [1.165, 1.54) is 18.2 Å². The zero-order chi connectivity index (χ0) is 24.9. The van der Waals surface area contributed by atoms with Gasteiger partial charge in [0.1, 0.15) is 17.4 Å². The fourth-order valence-electron chi connectivity index (χ4n) is 2.97. The van der Waals surface area contributed by atoms with Gasteiger partial charge in [0, 0.05) is 29.8 Å². The summed E-state index contributed by atoms with van der Waals surface area (Å²) in [5, 5.41) is 10.0. The first-order valence-corrected chi connectivity index (χ1v) is 10.7. The van der Waals surface area contributed by atoms with Crippen LogP contribution in [-0.2, 0) is 11.0 Å². The Kier molecular flexibility index (Phi) is 8.02. The van der Waals surface area contributed by atoms with E-state index in [0.29, 0.717) is 16.8 Å². The number of alkyl halides is 3. The Bertz CT molecular complexity index is 1230. The molecule has 0 spiro atoms. The van der Waals surface area contributed by atoms with Gasteiger partial charge in [0.25, 0.3) is 0 Å². The summed E-state index contributed by atoms with van der Waals surface area (Å²) in [6.07, 6.45) is -3.91. The number of hydrogen-bond donors (Lipinski definition) is 0. The molecular formula is C24H17Cl2F3N2O3. The van der Waals surface area contributed by atoms with Crippen LogP contribution in [0.3, 0.4) is 0 Å². The molecule has 2 aromatic carbocycles. The second kappa shape index (κ2) is 10.8. The first kappa shape index (κ1) is 25.3. The number of benzene rings is 2. The minimum Gasteiger partial charge on any atom is -0.491 e. The molecule has 1 aromatic heterocycles. The van der Waals surface area contributed by atoms with E-state index in [-0.39, 0.29) is 41.2 Å². The molecule has 1 heterocycles. The maximum Gasteiger partial charge on any atom is 0.417 e. The van der Waals surface area contributed by atoms with Crippen molar-refractivity contribution in [3.8, 4) is 23.4 Å². The van der Waals surface area contributed by atoms with Crippen molar-refractivity contribution in [2.24, 2.45) is 0 Å². The van der Waals surface area contributed by atoms with E-state index in [0.717, 1.165) is 17.7 Å². The summed E-state index contributed by atoms with van der Waals surface area (Å²) in [5.41, 5.74) is 0.439. The SMILES string of the molecule is Cc1ccc(C(C#N)C(=O)CCOc2cc(Oc3ccc(C(F)(F)F)cn3)ccc2Cl)c(Cl)c1. The smallest absolute Gasteiger partial charge is 0.417 e. The number of aryl methyl sites for hydroxylation is 1. The van der Waals surface area contributed by atoms with Crippen LogP contribution >= 0.6 is 23.2 Å². The monoisotopic (exact) mass is 508 g/mol. The third-order valence-electron chi connectivity index (χ3n) is 4.71. The predicted molar refractivity (Wildman–Crippen MR) is 120 cm³/mol. The molecule has 0 aliphatic heterocycles. The van der Waals surface area contributed by atoms with E-state index in [1.54, 1.807) is 18.2 Å². The molecule has 0 saturated heterocycles. The molecule has 0 radical (unpaired) electrons. The highest BCUT2D eigenvalue weighted by atomic mass is 35.5. The maximum atomic E-state index is 12.7. The number of Topliss-reactive ketones (excluding diaryl/α,β-unsaturated/α-hetero) is 1. The van der Waals surface area contributed by atoms with Crippen LogP contribution in [0, 0.1) is 18.3 Å². The van der Waals surface area contributed by atoms with Crippen LogP contribution in [0.15, 0.2) is 54.7 Å². The highest BCUT2D eigenvalue weighted by Crippen LogP contribution is 2.33. The van der Waals surface area contributed by atoms with E-state index in [4.69, 9.17) is 32.7 Å². The summed E-state index contributed by atoms with van der Waals surface area (Å²) in [5.74, 6) is -1.04. The van der Waals surface area contributed by atoms with Gasteiger partial charge in [-0.15, -0.1) is 0 Å². The summed E-state index contributed by atoms with van der Waals surface area (Å²) in [4.78, 5) is 16.2. The lowest BCUT2D eigenvalue weighted by atomic mass is 9.94. The zero-order valence-electron chi connectivity index (χ0n) is 17.7. The van der Waals surface area contributed by atoms with E-state index >= 15 is 0 Å². The molecule has 34 heavy (non-hydrogen) atoms. The molecule has 0 bridgehead atoms. The molecule has 3 rings (SSSR count). The second-order valence-corrected chi connectivity index (χ2v) is 8.04. The Morgan fingerprint density at radius 3 is 2.50 bits per heavy atom. The first-order valence-electron chi connectivity index (χ1n) is 9.90. The number of nitriles is 1. The summed E-state index contributed by atoms with van der Waals surface area (Å²) in [7, 11) is 0. The molecule has 0 N–H and O–H groups in total. The maximum absolute atomic E-state index is 12.7. The van der Waals surface area contributed by atoms with Gasteiger partial charge < -0.3 is 9.47 Å². The summed E-state index contributed by atoms with van der Waals surface area (Å²) in [6, 6.07) is 13.4. The number of carbonyl (C=O) groups excluding carboxylic acids is 1. The molecule has 0 saturated carbocycles. The number of rotatable bonds is 8. The molecule has 176 valence electrons. The quantitative estimate of drug-likeness (QED) is 0.323. The molecule has 0 fully saturated rings. The molecule has 0 aliphatic carbocycles. The van der Waals surface area contributed by atoms with Crippen molar-refractivity contribution in [1.82, 2.24) is 4.98 Å². The molecular weight excluding hydrogens is 492 g/mol. The number of ketones is 1. The lowest BCUT2D eigenvalue weighted by Crippen LogP contribution is -2.15. The fraction of sp³-hybridized carbons (Fsp3) is 0.208. The van der Waals surface area contributed by atoms with Crippen LogP contribution in [0.5, 0.6) is 17.4 Å². The van der Waals surface area contributed by atoms with Crippen molar-refractivity contribution in [3.63, 3.8) is 0 Å². The third kappa shape index (κ3) is 6.40. The van der Waals surface area contributed by atoms with Gasteiger partial charge in [0.2, 0.25) is 5.88 Å². The number of aromatic nitrogens is 1. The van der Waals surface area contributed by atoms with E-state index in [1.807, 2.05) is 13.0 Å². The average molecular weight is 509 g/mol. The molecule has 10 heteroatoms. The van der Waals surface area contributed by atoms with Crippen molar-refractivity contribution >= 4 is 29.0 Å². The molecule has 0 aliphatic rings. The molecule has 0 amide bonds. The Balaban J connectivity index is 1.63. The highest BCUT2D eigenvalue weighted by Gasteiger charge is 2.30. The topological polar surface area (TPSA) is 72.2 Å². The van der Waals surface area contributed by atoms with Crippen molar-refractivity contribution in [3.05, 3.63) is 81.5 Å². The number of hydrogen-bond acceptors (Lipinski definition) is 5. The van der Waals surface area contributed by atoms with Gasteiger partial charge in [-0.05, 0) is 42.3 Å². The van der Waals surface area contributed by atoms with Crippen LogP contribution in [0.2, 0.25) is 10.0 Å². The van der Waals surface area contributed by atoms with E-state index in [2.05, 4.69) is 4.98 Å². The lowest BCUT2D eigenvalue weighted by molar-refractivity contribution is -0.137. The van der Waals surface area contributed by atoms with Gasteiger partial charge in [0.15, 0.2) is 5.78 Å². The number of carbonyl (C=O) groups is 1. The van der Waals surface area contributed by atoms with Gasteiger partial charge in [-0.2, -0.15) is 18.4 Å². The average Bonchev–Trinajstić information content (AvgIpc) is 2.77. The normalized spacial score (nSPS) is 12.0. The van der Waals surface area contributed by atoms with Gasteiger partial charge in [-0.1, -0.05) is 35.3 Å². The first-order chi connectivity index (χ1) is 16.1. The number of pyridine rings is 1. The van der Waals surface area contributed by atoms with Crippen molar-refractivity contribution in [1.29, 1.82) is 5.26 Å². The standard InChI is InChI=1S/C24H17Cl2F3N2O3/c1-14-2-5-17(20(26)10-14)18(12-30)21(32)8-9-33-22-11-16(4-6-19(22)25)34-23-7-3-15(13-31-23)24(27,28)29/h2-7,10-11,13,18H,8-9H2,1H3. The predicted octanol–water partition coefficient (Wildman–Crippen LogP) is 7.15.